The number of H-pyrrole nitrogens is 1. The number of nitrogens with one attached hydrogen (secondary N) is 2. The molecule has 0 aliphatic carbocycles. The van der Waals surface area contributed by atoms with Gasteiger partial charge in [-0.1, -0.05) is 6.07 Å². The maximum Gasteiger partial charge on any atom is 0.337 e. The predicted molar refractivity (Wildman–Crippen MR) is 99.4 cm³/mol. The van der Waals surface area contributed by atoms with Crippen LogP contribution in [0.4, 0.5) is 5.69 Å². The molecule has 0 aliphatic heterocycles. The van der Waals surface area contributed by atoms with Crippen molar-refractivity contribution >= 4 is 28.5 Å². The van der Waals surface area contributed by atoms with E-state index >= 15 is 0 Å². The Balaban J connectivity index is 1.96. The molecule has 0 fully saturated rings. The number of pyridine rings is 2. The highest BCUT2D eigenvalue weighted by atomic mass is 16.5. The van der Waals surface area contributed by atoms with Crippen molar-refractivity contribution in [1.82, 2.24) is 9.97 Å². The van der Waals surface area contributed by atoms with Crippen LogP contribution in [0, 0.1) is 6.92 Å². The van der Waals surface area contributed by atoms with E-state index in [9.17, 15) is 14.4 Å². The van der Waals surface area contributed by atoms with Crippen LogP contribution < -0.4 is 15.6 Å². The van der Waals surface area contributed by atoms with Crippen molar-refractivity contribution in [2.45, 2.75) is 6.92 Å². The predicted octanol–water partition coefficient (Wildman–Crippen LogP) is 2.28. The molecule has 8 heteroatoms. The Hall–Kier alpha value is -3.68. The zero-order chi connectivity index (χ0) is 19.6. The van der Waals surface area contributed by atoms with Crippen LogP contribution in [0.5, 0.6) is 5.88 Å². The number of nitrogens with zero attached hydrogens (tertiary/aromatic N) is 1. The van der Waals surface area contributed by atoms with Gasteiger partial charge in [-0.25, -0.2) is 9.78 Å². The Morgan fingerprint density at radius 3 is 2.63 bits per heavy atom. The molecule has 1 amide bonds. The summed E-state index contributed by atoms with van der Waals surface area (Å²) in [7, 11) is 2.75. The number of amides is 1. The highest BCUT2D eigenvalue weighted by molar-refractivity contribution is 6.06. The van der Waals surface area contributed by atoms with Crippen molar-refractivity contribution < 1.29 is 19.1 Å². The molecule has 0 saturated heterocycles. The van der Waals surface area contributed by atoms with E-state index in [1.807, 2.05) is 0 Å². The summed E-state index contributed by atoms with van der Waals surface area (Å²) in [5.41, 5.74) is 1.33. The van der Waals surface area contributed by atoms with Gasteiger partial charge < -0.3 is 19.8 Å². The van der Waals surface area contributed by atoms with Gasteiger partial charge in [0, 0.05) is 23.3 Å². The quantitative estimate of drug-likeness (QED) is 0.685. The van der Waals surface area contributed by atoms with Gasteiger partial charge in [-0.2, -0.15) is 0 Å². The van der Waals surface area contributed by atoms with Crippen molar-refractivity contribution in [1.29, 1.82) is 0 Å². The number of fused-ring (bicyclic) bond motifs is 1. The third-order valence-corrected chi connectivity index (χ3v) is 4.06. The highest BCUT2D eigenvalue weighted by Crippen LogP contribution is 2.19. The minimum Gasteiger partial charge on any atom is -0.481 e. The zero-order valence-corrected chi connectivity index (χ0v) is 15.0. The van der Waals surface area contributed by atoms with Crippen LogP contribution in [0.2, 0.25) is 0 Å². The lowest BCUT2D eigenvalue weighted by Crippen LogP contribution is -2.23. The SMILES string of the molecule is COC(=O)c1ccc(C)c(NC(=O)c2cc3cnc(OC)cc3[nH]c2=O)c1. The van der Waals surface area contributed by atoms with Gasteiger partial charge >= 0.3 is 5.97 Å². The number of esters is 1. The van der Waals surface area contributed by atoms with Gasteiger partial charge in [-0.15, -0.1) is 0 Å². The number of aromatic amines is 1. The molecule has 1 aromatic carbocycles. The molecule has 138 valence electrons. The molecule has 0 bridgehead atoms. The molecule has 0 spiro atoms. The van der Waals surface area contributed by atoms with E-state index in [-0.39, 0.29) is 5.56 Å². The Kier molecular flexibility index (Phi) is 4.89. The molecule has 2 N–H and O–H groups in total. The number of aromatic nitrogens is 2. The van der Waals surface area contributed by atoms with Gasteiger partial charge in [0.05, 0.1) is 25.3 Å². The topological polar surface area (TPSA) is 110 Å². The molecule has 3 aromatic rings. The second-order valence-corrected chi connectivity index (χ2v) is 5.80. The Morgan fingerprint density at radius 1 is 1.15 bits per heavy atom. The van der Waals surface area contributed by atoms with E-state index in [1.54, 1.807) is 25.1 Å². The number of ether oxygens (including phenoxy) is 2. The number of methoxy groups -OCH3 is 2. The number of hydrogen-bond acceptors (Lipinski definition) is 6. The van der Waals surface area contributed by atoms with E-state index < -0.39 is 17.4 Å². The van der Waals surface area contributed by atoms with E-state index in [0.29, 0.717) is 28.0 Å². The average Bonchev–Trinajstić information content (AvgIpc) is 2.67. The summed E-state index contributed by atoms with van der Waals surface area (Å²) in [5.74, 6) is -0.765. The maximum atomic E-state index is 12.6. The molecular formula is C19H17N3O5. The van der Waals surface area contributed by atoms with Crippen molar-refractivity contribution in [2.24, 2.45) is 0 Å². The fourth-order valence-electron chi connectivity index (χ4n) is 2.55. The first kappa shape index (κ1) is 18.1. The minimum absolute atomic E-state index is 0.0719. The lowest BCUT2D eigenvalue weighted by molar-refractivity contribution is 0.0600. The van der Waals surface area contributed by atoms with E-state index in [4.69, 9.17) is 4.74 Å². The number of aryl methyl sites for hydroxylation is 1. The molecule has 2 aromatic heterocycles. The Labute approximate surface area is 154 Å². The maximum absolute atomic E-state index is 12.6. The summed E-state index contributed by atoms with van der Waals surface area (Å²) in [6.07, 6.45) is 1.50. The van der Waals surface area contributed by atoms with Crippen molar-refractivity contribution in [3.05, 3.63) is 63.6 Å². The highest BCUT2D eigenvalue weighted by Gasteiger charge is 2.15. The van der Waals surface area contributed by atoms with Crippen LogP contribution in [0.25, 0.3) is 10.9 Å². The first-order valence-electron chi connectivity index (χ1n) is 8.00. The second kappa shape index (κ2) is 7.28. The fourth-order valence-corrected chi connectivity index (χ4v) is 2.55. The van der Waals surface area contributed by atoms with Crippen LogP contribution in [-0.2, 0) is 4.74 Å². The molecule has 3 rings (SSSR count). The van der Waals surface area contributed by atoms with Gasteiger partial charge in [0.15, 0.2) is 0 Å². The van der Waals surface area contributed by atoms with Gasteiger partial charge in [0.1, 0.15) is 5.56 Å². The number of carbonyl (C=O) groups is 2. The summed E-state index contributed by atoms with van der Waals surface area (Å²) in [5, 5.41) is 3.25. The van der Waals surface area contributed by atoms with Crippen molar-refractivity contribution in [3.63, 3.8) is 0 Å². The zero-order valence-electron chi connectivity index (χ0n) is 15.0. The van der Waals surface area contributed by atoms with Crippen LogP contribution >= 0.6 is 0 Å². The summed E-state index contributed by atoms with van der Waals surface area (Å²) in [6, 6.07) is 7.81. The first-order valence-corrected chi connectivity index (χ1v) is 8.00. The van der Waals surface area contributed by atoms with E-state index in [2.05, 4.69) is 20.0 Å². The number of hydrogen-bond donors (Lipinski definition) is 2. The fraction of sp³-hybridized carbons (Fsp3) is 0.158. The normalized spacial score (nSPS) is 10.5. The van der Waals surface area contributed by atoms with Gasteiger partial charge in [0.25, 0.3) is 11.5 Å². The molecule has 27 heavy (non-hydrogen) atoms. The van der Waals surface area contributed by atoms with Gasteiger partial charge in [-0.3, -0.25) is 9.59 Å². The Bertz CT molecular complexity index is 1100. The van der Waals surface area contributed by atoms with Crippen LogP contribution in [0.1, 0.15) is 26.3 Å². The molecule has 8 nitrogen and oxygen atoms in total. The molecular weight excluding hydrogens is 350 g/mol. The second-order valence-electron chi connectivity index (χ2n) is 5.80. The Morgan fingerprint density at radius 2 is 1.93 bits per heavy atom. The van der Waals surface area contributed by atoms with Crippen LogP contribution in [-0.4, -0.2) is 36.1 Å². The first-order chi connectivity index (χ1) is 12.9. The standard InChI is InChI=1S/C19H17N3O5/c1-10-4-5-11(19(25)27-3)7-14(10)21-17(23)13-6-12-9-20-16(26-2)8-15(12)22-18(13)24/h4-9H,1-3H3,(H,21,23)(H,22,24). The largest absolute Gasteiger partial charge is 0.481 e. The minimum atomic E-state index is -0.598. The lowest BCUT2D eigenvalue weighted by atomic mass is 10.1. The summed E-state index contributed by atoms with van der Waals surface area (Å²) >= 11 is 0. The summed E-state index contributed by atoms with van der Waals surface area (Å²) in [4.78, 5) is 43.3. The molecule has 0 atom stereocenters. The van der Waals surface area contributed by atoms with E-state index in [1.165, 1.54) is 32.5 Å². The van der Waals surface area contributed by atoms with Crippen molar-refractivity contribution in [3.8, 4) is 5.88 Å². The van der Waals surface area contributed by atoms with Crippen LogP contribution in [0.15, 0.2) is 41.3 Å². The number of rotatable bonds is 4. The summed E-state index contributed by atoms with van der Waals surface area (Å²) in [6.45, 7) is 1.78. The lowest BCUT2D eigenvalue weighted by Gasteiger charge is -2.10. The monoisotopic (exact) mass is 367 g/mol. The molecule has 0 unspecified atom stereocenters. The molecule has 0 saturated carbocycles. The third kappa shape index (κ3) is 3.64. The van der Waals surface area contributed by atoms with Crippen molar-refractivity contribution in [2.75, 3.05) is 19.5 Å². The number of anilines is 1. The third-order valence-electron chi connectivity index (χ3n) is 4.06. The van der Waals surface area contributed by atoms with E-state index in [0.717, 1.165) is 5.56 Å². The smallest absolute Gasteiger partial charge is 0.337 e. The molecule has 2 heterocycles. The number of carbonyl (C=O) groups excluding carboxylic acids is 2. The molecule has 0 radical (unpaired) electrons. The van der Waals surface area contributed by atoms with Gasteiger partial charge in [0.2, 0.25) is 5.88 Å². The van der Waals surface area contributed by atoms with Crippen LogP contribution in [0.3, 0.4) is 0 Å². The molecule has 0 aliphatic rings. The average molecular weight is 367 g/mol. The summed E-state index contributed by atoms with van der Waals surface area (Å²) < 4.78 is 9.70. The number of benzene rings is 1. The van der Waals surface area contributed by atoms with Gasteiger partial charge in [-0.05, 0) is 30.7 Å².